The van der Waals surface area contributed by atoms with E-state index in [0.717, 1.165) is 11.1 Å². The van der Waals surface area contributed by atoms with Crippen molar-refractivity contribution >= 4 is 34.1 Å². The fraction of sp³-hybridized carbons (Fsp3) is 0.227. The highest BCUT2D eigenvalue weighted by atomic mass is 32.2. The summed E-state index contributed by atoms with van der Waals surface area (Å²) >= 11 is 1.62. The number of benzene rings is 3. The smallest absolute Gasteiger partial charge is 0.234 e. The van der Waals surface area contributed by atoms with Gasteiger partial charge in [0.2, 0.25) is 5.91 Å². The second-order valence-electron chi connectivity index (χ2n) is 6.49. The molecular formula is C22H23NOS. The van der Waals surface area contributed by atoms with Crippen LogP contribution in [-0.2, 0) is 4.79 Å². The molecule has 3 aromatic carbocycles. The topological polar surface area (TPSA) is 29.1 Å². The van der Waals surface area contributed by atoms with Crippen molar-refractivity contribution in [2.75, 3.05) is 11.1 Å². The van der Waals surface area contributed by atoms with Crippen LogP contribution >= 0.6 is 11.8 Å². The van der Waals surface area contributed by atoms with Crippen LogP contribution in [-0.4, -0.2) is 11.7 Å². The van der Waals surface area contributed by atoms with Crippen LogP contribution in [0.5, 0.6) is 0 Å². The first-order valence-corrected chi connectivity index (χ1v) is 9.43. The van der Waals surface area contributed by atoms with E-state index in [4.69, 9.17) is 0 Å². The molecule has 0 saturated carbocycles. The maximum Gasteiger partial charge on any atom is 0.234 e. The maximum absolute atomic E-state index is 12.4. The van der Waals surface area contributed by atoms with E-state index in [9.17, 15) is 4.79 Å². The number of carbonyl (C=O) groups excluding carboxylic acids is 1. The molecule has 0 aliphatic carbocycles. The van der Waals surface area contributed by atoms with Crippen molar-refractivity contribution < 1.29 is 4.79 Å². The number of thioether (sulfide) groups is 1. The minimum atomic E-state index is 0.0261. The summed E-state index contributed by atoms with van der Waals surface area (Å²) in [6.45, 7) is 8.51. The van der Waals surface area contributed by atoms with Crippen LogP contribution in [0, 0.1) is 27.7 Å². The minimum Gasteiger partial charge on any atom is -0.325 e. The number of fused-ring (bicyclic) bond motifs is 1. The predicted octanol–water partition coefficient (Wildman–Crippen LogP) is 5.80. The molecule has 128 valence electrons. The molecule has 0 heterocycles. The molecule has 2 nitrogen and oxygen atoms in total. The lowest BCUT2D eigenvalue weighted by molar-refractivity contribution is -0.113. The Bertz CT molecular complexity index is 920. The molecule has 1 amide bonds. The average molecular weight is 349 g/mol. The van der Waals surface area contributed by atoms with Crippen LogP contribution in [0.25, 0.3) is 10.8 Å². The largest absolute Gasteiger partial charge is 0.325 e. The van der Waals surface area contributed by atoms with Gasteiger partial charge in [0, 0.05) is 10.6 Å². The zero-order valence-corrected chi connectivity index (χ0v) is 16.0. The third-order valence-corrected chi connectivity index (χ3v) is 5.99. The van der Waals surface area contributed by atoms with E-state index in [1.54, 1.807) is 11.8 Å². The summed E-state index contributed by atoms with van der Waals surface area (Å²) in [4.78, 5) is 13.6. The van der Waals surface area contributed by atoms with E-state index in [2.05, 4.69) is 51.2 Å². The summed E-state index contributed by atoms with van der Waals surface area (Å²) in [5.41, 5.74) is 5.94. The van der Waals surface area contributed by atoms with Gasteiger partial charge < -0.3 is 5.32 Å². The van der Waals surface area contributed by atoms with E-state index in [1.165, 1.54) is 32.5 Å². The van der Waals surface area contributed by atoms with Gasteiger partial charge in [-0.3, -0.25) is 4.79 Å². The summed E-state index contributed by atoms with van der Waals surface area (Å²) in [6, 6.07) is 16.4. The van der Waals surface area contributed by atoms with Gasteiger partial charge in [0.05, 0.1) is 5.75 Å². The first-order chi connectivity index (χ1) is 12.0. The van der Waals surface area contributed by atoms with E-state index < -0.39 is 0 Å². The Hall–Kier alpha value is -2.26. The molecule has 0 fully saturated rings. The standard InChI is InChI=1S/C22H23NOS/c1-14-11-15(2)17(4)22(16(14)3)25-13-21(24)23-20-10-9-18-7-5-6-8-19(18)12-20/h5-12H,13H2,1-4H3,(H,23,24). The molecule has 0 saturated heterocycles. The van der Waals surface area contributed by atoms with Gasteiger partial charge in [-0.2, -0.15) is 0 Å². The third kappa shape index (κ3) is 3.88. The molecule has 3 aromatic rings. The van der Waals surface area contributed by atoms with Crippen LogP contribution in [0.15, 0.2) is 53.4 Å². The lowest BCUT2D eigenvalue weighted by Crippen LogP contribution is -2.14. The molecule has 3 rings (SSSR count). The maximum atomic E-state index is 12.4. The number of rotatable bonds is 4. The normalized spacial score (nSPS) is 10.9. The van der Waals surface area contributed by atoms with Crippen molar-refractivity contribution in [3.63, 3.8) is 0 Å². The predicted molar refractivity (Wildman–Crippen MR) is 109 cm³/mol. The molecule has 25 heavy (non-hydrogen) atoms. The SMILES string of the molecule is Cc1cc(C)c(C)c(SCC(=O)Nc2ccc3ccccc3c2)c1C. The van der Waals surface area contributed by atoms with Gasteiger partial charge in [0.1, 0.15) is 0 Å². The summed E-state index contributed by atoms with van der Waals surface area (Å²) in [6.07, 6.45) is 0. The molecule has 0 aliphatic rings. The van der Waals surface area contributed by atoms with Crippen LogP contribution in [0.1, 0.15) is 22.3 Å². The van der Waals surface area contributed by atoms with Crippen LogP contribution in [0.2, 0.25) is 0 Å². The summed E-state index contributed by atoms with van der Waals surface area (Å²) in [5.74, 6) is 0.440. The highest BCUT2D eigenvalue weighted by Crippen LogP contribution is 2.31. The summed E-state index contributed by atoms with van der Waals surface area (Å²) in [5, 5.41) is 5.32. The molecule has 0 atom stereocenters. The van der Waals surface area contributed by atoms with E-state index in [1.807, 2.05) is 30.3 Å². The first-order valence-electron chi connectivity index (χ1n) is 8.44. The van der Waals surface area contributed by atoms with Crippen molar-refractivity contribution in [1.82, 2.24) is 0 Å². The number of amides is 1. The van der Waals surface area contributed by atoms with E-state index in [-0.39, 0.29) is 5.91 Å². The van der Waals surface area contributed by atoms with Crippen molar-refractivity contribution in [2.45, 2.75) is 32.6 Å². The second kappa shape index (κ2) is 7.32. The van der Waals surface area contributed by atoms with Crippen molar-refractivity contribution in [1.29, 1.82) is 0 Å². The third-order valence-electron chi connectivity index (χ3n) is 4.68. The number of aryl methyl sites for hydroxylation is 2. The van der Waals surface area contributed by atoms with Gasteiger partial charge in [0.15, 0.2) is 0 Å². The van der Waals surface area contributed by atoms with Crippen LogP contribution < -0.4 is 5.32 Å². The molecule has 3 heteroatoms. The van der Waals surface area contributed by atoms with Gasteiger partial charge >= 0.3 is 0 Å². The Kier molecular flexibility index (Phi) is 5.14. The Morgan fingerprint density at radius 2 is 1.52 bits per heavy atom. The summed E-state index contributed by atoms with van der Waals surface area (Å²) < 4.78 is 0. The van der Waals surface area contributed by atoms with Gasteiger partial charge in [-0.05, 0) is 72.9 Å². The number of anilines is 1. The lowest BCUT2D eigenvalue weighted by atomic mass is 10.0. The van der Waals surface area contributed by atoms with Gasteiger partial charge in [-0.25, -0.2) is 0 Å². The highest BCUT2D eigenvalue weighted by molar-refractivity contribution is 8.00. The summed E-state index contributed by atoms with van der Waals surface area (Å²) in [7, 11) is 0. The lowest BCUT2D eigenvalue weighted by Gasteiger charge is -2.14. The minimum absolute atomic E-state index is 0.0261. The van der Waals surface area contributed by atoms with E-state index in [0.29, 0.717) is 5.75 Å². The Labute approximate surface area is 153 Å². The van der Waals surface area contributed by atoms with Crippen LogP contribution in [0.4, 0.5) is 5.69 Å². The van der Waals surface area contributed by atoms with E-state index >= 15 is 0 Å². The molecule has 1 N–H and O–H groups in total. The molecule has 0 bridgehead atoms. The fourth-order valence-electron chi connectivity index (χ4n) is 3.00. The van der Waals surface area contributed by atoms with Crippen molar-refractivity contribution in [3.05, 3.63) is 70.8 Å². The van der Waals surface area contributed by atoms with Crippen molar-refractivity contribution in [2.24, 2.45) is 0 Å². The van der Waals surface area contributed by atoms with Gasteiger partial charge in [-0.1, -0.05) is 36.4 Å². The first kappa shape index (κ1) is 17.6. The number of hydrogen-bond acceptors (Lipinski definition) is 2. The molecular weight excluding hydrogens is 326 g/mol. The van der Waals surface area contributed by atoms with Crippen molar-refractivity contribution in [3.8, 4) is 0 Å². The Balaban J connectivity index is 1.71. The number of nitrogens with one attached hydrogen (secondary N) is 1. The van der Waals surface area contributed by atoms with Gasteiger partial charge in [-0.15, -0.1) is 11.8 Å². The fourth-order valence-corrected chi connectivity index (χ4v) is 4.10. The molecule has 0 spiro atoms. The molecule has 0 radical (unpaired) electrons. The zero-order chi connectivity index (χ0) is 18.0. The second-order valence-corrected chi connectivity index (χ2v) is 7.47. The monoisotopic (exact) mass is 349 g/mol. The number of hydrogen-bond donors (Lipinski definition) is 1. The highest BCUT2D eigenvalue weighted by Gasteiger charge is 2.11. The Morgan fingerprint density at radius 1 is 0.880 bits per heavy atom. The molecule has 0 aliphatic heterocycles. The molecule has 0 aromatic heterocycles. The Morgan fingerprint density at radius 3 is 2.20 bits per heavy atom. The number of carbonyl (C=O) groups is 1. The zero-order valence-electron chi connectivity index (χ0n) is 15.1. The van der Waals surface area contributed by atoms with Crippen LogP contribution in [0.3, 0.4) is 0 Å². The van der Waals surface area contributed by atoms with Gasteiger partial charge in [0.25, 0.3) is 0 Å². The quantitative estimate of drug-likeness (QED) is 0.603. The average Bonchev–Trinajstić information content (AvgIpc) is 2.60. The molecule has 0 unspecified atom stereocenters.